The summed E-state index contributed by atoms with van der Waals surface area (Å²) in [4.78, 5) is 21.7. The van der Waals surface area contributed by atoms with E-state index in [9.17, 15) is 14.0 Å². The summed E-state index contributed by atoms with van der Waals surface area (Å²) in [6, 6.07) is 5.64. The summed E-state index contributed by atoms with van der Waals surface area (Å²) in [7, 11) is 1.13. The van der Waals surface area contributed by atoms with Gasteiger partial charge in [0.05, 0.1) is 7.11 Å². The average molecular weight is 227 g/mol. The van der Waals surface area contributed by atoms with E-state index in [1.54, 1.807) is 6.07 Å². The van der Waals surface area contributed by atoms with Crippen LogP contribution in [0.5, 0.6) is 5.75 Å². The zero-order chi connectivity index (χ0) is 12.0. The van der Waals surface area contributed by atoms with Crippen LogP contribution >= 0.6 is 0 Å². The fourth-order valence-corrected chi connectivity index (χ4v) is 0.906. The number of methoxy groups -OCH3 is 1. The molecule has 1 aromatic rings. The first-order chi connectivity index (χ1) is 7.63. The van der Waals surface area contributed by atoms with Crippen molar-refractivity contribution in [3.63, 3.8) is 0 Å². The lowest BCUT2D eigenvalue weighted by molar-refractivity contribution is -0.122. The molecule has 16 heavy (non-hydrogen) atoms. The van der Waals surface area contributed by atoms with Gasteiger partial charge < -0.3 is 9.47 Å². The minimum atomic E-state index is -0.887. The van der Waals surface area contributed by atoms with Crippen molar-refractivity contribution in [2.75, 3.05) is 13.7 Å². The van der Waals surface area contributed by atoms with Gasteiger partial charge in [-0.1, -0.05) is 12.1 Å². The number of carbonyl (C=O) groups excluding carboxylic acids is 2. The number of halogens is 1. The highest BCUT2D eigenvalue weighted by Crippen LogP contribution is 2.14. The summed E-state index contributed by atoms with van der Waals surface area (Å²) in [5, 5.41) is 1.87. The Morgan fingerprint density at radius 2 is 2.06 bits per heavy atom. The van der Waals surface area contributed by atoms with Gasteiger partial charge in [-0.3, -0.25) is 10.1 Å². The standard InChI is InChI=1S/C10H10FNO4/c1-15-10(14)12-9(13)6-16-8-5-3-2-4-7(8)11/h2-5H,6H2,1H3,(H,12,13,14). The predicted molar refractivity (Wildman–Crippen MR) is 52.4 cm³/mol. The molecule has 6 heteroatoms. The second-order valence-corrected chi connectivity index (χ2v) is 2.76. The van der Waals surface area contributed by atoms with E-state index in [1.165, 1.54) is 18.2 Å². The molecule has 5 nitrogen and oxygen atoms in total. The Kier molecular flexibility index (Phi) is 4.26. The highest BCUT2D eigenvalue weighted by atomic mass is 19.1. The molecule has 0 saturated carbocycles. The summed E-state index contributed by atoms with van der Waals surface area (Å²) in [6.45, 7) is -0.462. The molecular formula is C10H10FNO4. The van der Waals surface area contributed by atoms with Gasteiger partial charge in [0.2, 0.25) is 0 Å². The first kappa shape index (κ1) is 12.0. The fraction of sp³-hybridized carbons (Fsp3) is 0.200. The Morgan fingerprint density at radius 3 is 2.69 bits per heavy atom. The molecule has 0 aromatic heterocycles. The summed E-state index contributed by atoms with van der Waals surface area (Å²) >= 11 is 0. The molecule has 0 atom stereocenters. The largest absolute Gasteiger partial charge is 0.481 e. The molecule has 0 spiro atoms. The first-order valence-corrected chi connectivity index (χ1v) is 4.38. The number of carbonyl (C=O) groups is 2. The van der Waals surface area contributed by atoms with E-state index in [0.717, 1.165) is 7.11 Å². The molecule has 2 amide bonds. The molecule has 1 aromatic carbocycles. The summed E-state index contributed by atoms with van der Waals surface area (Å²) < 4.78 is 22.1. The monoisotopic (exact) mass is 227 g/mol. The molecule has 1 N–H and O–H groups in total. The van der Waals surface area contributed by atoms with E-state index in [0.29, 0.717) is 0 Å². The molecule has 0 aliphatic heterocycles. The Hall–Kier alpha value is -2.11. The van der Waals surface area contributed by atoms with Crippen LogP contribution in [0.25, 0.3) is 0 Å². The second-order valence-electron chi connectivity index (χ2n) is 2.76. The van der Waals surface area contributed by atoms with E-state index >= 15 is 0 Å². The van der Waals surface area contributed by atoms with Gasteiger partial charge >= 0.3 is 6.09 Å². The van der Waals surface area contributed by atoms with Crippen molar-refractivity contribution in [3.8, 4) is 5.75 Å². The molecule has 1 rings (SSSR count). The minimum Gasteiger partial charge on any atom is -0.481 e. The number of para-hydroxylation sites is 1. The van der Waals surface area contributed by atoms with E-state index in [4.69, 9.17) is 4.74 Å². The maximum atomic E-state index is 13.0. The predicted octanol–water partition coefficient (Wildman–Crippen LogP) is 1.09. The van der Waals surface area contributed by atoms with Crippen molar-refractivity contribution in [2.24, 2.45) is 0 Å². The number of ether oxygens (including phenoxy) is 2. The van der Waals surface area contributed by atoms with Crippen LogP contribution in [-0.4, -0.2) is 25.7 Å². The molecular weight excluding hydrogens is 217 g/mol. The van der Waals surface area contributed by atoms with E-state index in [-0.39, 0.29) is 5.75 Å². The van der Waals surface area contributed by atoms with Crippen LogP contribution < -0.4 is 10.1 Å². The Morgan fingerprint density at radius 1 is 1.38 bits per heavy atom. The van der Waals surface area contributed by atoms with Gasteiger partial charge in [0.1, 0.15) is 0 Å². The zero-order valence-electron chi connectivity index (χ0n) is 8.53. The molecule has 0 saturated heterocycles. The highest BCUT2D eigenvalue weighted by molar-refractivity contribution is 5.92. The number of hydrogen-bond acceptors (Lipinski definition) is 4. The van der Waals surface area contributed by atoms with Crippen LogP contribution in [-0.2, 0) is 9.53 Å². The van der Waals surface area contributed by atoms with Crippen molar-refractivity contribution in [1.29, 1.82) is 0 Å². The van der Waals surface area contributed by atoms with Gasteiger partial charge in [-0.25, -0.2) is 9.18 Å². The molecule has 0 bridgehead atoms. The molecule has 0 unspecified atom stereocenters. The number of alkyl carbamates (subject to hydrolysis) is 1. The van der Waals surface area contributed by atoms with Crippen molar-refractivity contribution in [1.82, 2.24) is 5.32 Å². The van der Waals surface area contributed by atoms with Crippen molar-refractivity contribution >= 4 is 12.0 Å². The molecule has 0 radical (unpaired) electrons. The molecule has 0 aliphatic carbocycles. The lowest BCUT2D eigenvalue weighted by Crippen LogP contribution is -2.34. The second kappa shape index (κ2) is 5.69. The van der Waals surface area contributed by atoms with E-state index < -0.39 is 24.4 Å². The number of amides is 2. The summed E-state index contributed by atoms with van der Waals surface area (Å²) in [6.07, 6.45) is -0.887. The average Bonchev–Trinajstić information content (AvgIpc) is 2.28. The van der Waals surface area contributed by atoms with Crippen LogP contribution in [0.4, 0.5) is 9.18 Å². The number of rotatable bonds is 3. The van der Waals surface area contributed by atoms with Gasteiger partial charge in [0, 0.05) is 0 Å². The third kappa shape index (κ3) is 3.56. The van der Waals surface area contributed by atoms with Gasteiger partial charge in [-0.2, -0.15) is 0 Å². The van der Waals surface area contributed by atoms with Crippen LogP contribution in [0.2, 0.25) is 0 Å². The molecule has 0 fully saturated rings. The van der Waals surface area contributed by atoms with Crippen molar-refractivity contribution in [3.05, 3.63) is 30.1 Å². The maximum Gasteiger partial charge on any atom is 0.413 e. The first-order valence-electron chi connectivity index (χ1n) is 4.38. The van der Waals surface area contributed by atoms with Crippen LogP contribution in [0.15, 0.2) is 24.3 Å². The van der Waals surface area contributed by atoms with Gasteiger partial charge in [0.25, 0.3) is 5.91 Å². The van der Waals surface area contributed by atoms with E-state index in [2.05, 4.69) is 4.74 Å². The SMILES string of the molecule is COC(=O)NC(=O)COc1ccccc1F. The number of benzene rings is 1. The van der Waals surface area contributed by atoms with Gasteiger partial charge in [0.15, 0.2) is 18.2 Å². The molecule has 86 valence electrons. The normalized spacial score (nSPS) is 9.38. The molecule has 0 aliphatic rings. The Bertz CT molecular complexity index is 394. The number of nitrogens with one attached hydrogen (secondary N) is 1. The van der Waals surface area contributed by atoms with E-state index in [1.807, 2.05) is 5.32 Å². The minimum absolute atomic E-state index is 0.0532. The third-order valence-electron chi connectivity index (χ3n) is 1.62. The molecule has 0 heterocycles. The third-order valence-corrected chi connectivity index (χ3v) is 1.62. The number of hydrogen-bond donors (Lipinski definition) is 1. The number of imide groups is 1. The topological polar surface area (TPSA) is 64.6 Å². The summed E-state index contributed by atoms with van der Waals surface area (Å²) in [5.74, 6) is -1.34. The van der Waals surface area contributed by atoms with Crippen molar-refractivity contribution < 1.29 is 23.5 Å². The fourth-order valence-electron chi connectivity index (χ4n) is 0.906. The smallest absolute Gasteiger partial charge is 0.413 e. The van der Waals surface area contributed by atoms with Crippen LogP contribution in [0, 0.1) is 5.82 Å². The van der Waals surface area contributed by atoms with Crippen LogP contribution in [0.1, 0.15) is 0 Å². The highest BCUT2D eigenvalue weighted by Gasteiger charge is 2.09. The Balaban J connectivity index is 2.43. The maximum absolute atomic E-state index is 13.0. The Labute approximate surface area is 91.2 Å². The lowest BCUT2D eigenvalue weighted by atomic mass is 10.3. The zero-order valence-corrected chi connectivity index (χ0v) is 8.53. The van der Waals surface area contributed by atoms with Crippen molar-refractivity contribution in [2.45, 2.75) is 0 Å². The quantitative estimate of drug-likeness (QED) is 0.839. The van der Waals surface area contributed by atoms with Gasteiger partial charge in [-0.05, 0) is 12.1 Å². The summed E-state index contributed by atoms with van der Waals surface area (Å²) in [5.41, 5.74) is 0. The lowest BCUT2D eigenvalue weighted by Gasteiger charge is -2.06. The van der Waals surface area contributed by atoms with Gasteiger partial charge in [-0.15, -0.1) is 0 Å². The van der Waals surface area contributed by atoms with Crippen LogP contribution in [0.3, 0.4) is 0 Å².